The van der Waals surface area contributed by atoms with Gasteiger partial charge in [0.2, 0.25) is 0 Å². The van der Waals surface area contributed by atoms with Crippen LogP contribution in [0.1, 0.15) is 11.1 Å². The minimum atomic E-state index is -0.512. The molecule has 6 heteroatoms. The fourth-order valence-corrected chi connectivity index (χ4v) is 3.81. The van der Waals surface area contributed by atoms with Gasteiger partial charge in [0.05, 0.1) is 10.7 Å². The third-order valence-corrected chi connectivity index (χ3v) is 5.41. The van der Waals surface area contributed by atoms with E-state index in [0.717, 1.165) is 22.0 Å². The first-order chi connectivity index (χ1) is 15.0. The number of nitrogens with zero attached hydrogens (tertiary/aromatic N) is 2. The molecule has 0 aliphatic heterocycles. The molecule has 0 atom stereocenters. The highest BCUT2D eigenvalue weighted by Crippen LogP contribution is 2.26. The van der Waals surface area contributed by atoms with Gasteiger partial charge in [-0.15, -0.1) is 0 Å². The molecule has 1 N–H and O–H groups in total. The van der Waals surface area contributed by atoms with Crippen LogP contribution in [0.2, 0.25) is 10.0 Å². The number of rotatable bonds is 5. The van der Waals surface area contributed by atoms with Gasteiger partial charge in [0.15, 0.2) is 0 Å². The summed E-state index contributed by atoms with van der Waals surface area (Å²) in [6.07, 6.45) is 3.54. The first-order valence-electron chi connectivity index (χ1n) is 9.55. The number of carbonyl (C=O) groups is 1. The second-order valence-corrected chi connectivity index (χ2v) is 7.81. The molecule has 1 aromatic heterocycles. The van der Waals surface area contributed by atoms with Crippen LogP contribution in [0.3, 0.4) is 0 Å². The summed E-state index contributed by atoms with van der Waals surface area (Å²) in [7, 11) is 0. The van der Waals surface area contributed by atoms with Gasteiger partial charge in [-0.2, -0.15) is 5.26 Å². The molecule has 0 aliphatic rings. The Morgan fingerprint density at radius 1 is 1.03 bits per heavy atom. The maximum Gasteiger partial charge on any atom is 0.266 e. The lowest BCUT2D eigenvalue weighted by molar-refractivity contribution is -0.112. The van der Waals surface area contributed by atoms with E-state index in [2.05, 4.69) is 9.88 Å². The van der Waals surface area contributed by atoms with Gasteiger partial charge in [0, 0.05) is 34.2 Å². The largest absolute Gasteiger partial charge is 0.342 e. The fraction of sp³-hybridized carbons (Fsp3) is 0.0400. The van der Waals surface area contributed by atoms with Crippen LogP contribution in [0.25, 0.3) is 17.0 Å². The fourth-order valence-electron chi connectivity index (χ4n) is 3.41. The number of benzene rings is 3. The van der Waals surface area contributed by atoms with E-state index in [1.165, 1.54) is 0 Å². The Hall–Kier alpha value is -3.52. The topological polar surface area (TPSA) is 57.8 Å². The van der Waals surface area contributed by atoms with Crippen LogP contribution in [0.15, 0.2) is 84.6 Å². The lowest BCUT2D eigenvalue weighted by atomic mass is 10.1. The van der Waals surface area contributed by atoms with Crippen molar-refractivity contribution < 1.29 is 4.79 Å². The molecule has 0 fully saturated rings. The highest BCUT2D eigenvalue weighted by Gasteiger charge is 2.14. The normalized spacial score (nSPS) is 11.3. The molecule has 1 heterocycles. The maximum atomic E-state index is 12.7. The Bertz CT molecular complexity index is 1350. The zero-order chi connectivity index (χ0) is 21.8. The van der Waals surface area contributed by atoms with Crippen LogP contribution in [0.5, 0.6) is 0 Å². The van der Waals surface area contributed by atoms with Crippen molar-refractivity contribution in [2.24, 2.45) is 0 Å². The van der Waals surface area contributed by atoms with E-state index >= 15 is 0 Å². The second kappa shape index (κ2) is 9.09. The van der Waals surface area contributed by atoms with E-state index in [0.29, 0.717) is 22.3 Å². The number of halogens is 2. The van der Waals surface area contributed by atoms with Gasteiger partial charge in [-0.3, -0.25) is 4.79 Å². The van der Waals surface area contributed by atoms with E-state index in [9.17, 15) is 10.1 Å². The zero-order valence-corrected chi connectivity index (χ0v) is 17.9. The van der Waals surface area contributed by atoms with Crippen LogP contribution in [-0.2, 0) is 11.3 Å². The third-order valence-electron chi connectivity index (χ3n) is 4.85. The van der Waals surface area contributed by atoms with Crippen LogP contribution in [0, 0.1) is 11.3 Å². The Morgan fingerprint density at radius 2 is 1.81 bits per heavy atom. The molecule has 0 radical (unpaired) electrons. The summed E-state index contributed by atoms with van der Waals surface area (Å²) in [5.41, 5.74) is 3.28. The molecular weight excluding hydrogens is 429 g/mol. The summed E-state index contributed by atoms with van der Waals surface area (Å²) in [5.74, 6) is -0.512. The lowest BCUT2D eigenvalue weighted by Crippen LogP contribution is -2.13. The van der Waals surface area contributed by atoms with Gasteiger partial charge in [-0.1, -0.05) is 65.7 Å². The van der Waals surface area contributed by atoms with Crippen molar-refractivity contribution in [3.63, 3.8) is 0 Å². The number of anilines is 1. The minimum Gasteiger partial charge on any atom is -0.342 e. The van der Waals surface area contributed by atoms with Crippen molar-refractivity contribution in [1.29, 1.82) is 5.26 Å². The maximum absolute atomic E-state index is 12.7. The predicted molar refractivity (Wildman–Crippen MR) is 126 cm³/mol. The van der Waals surface area contributed by atoms with Crippen molar-refractivity contribution >= 4 is 51.8 Å². The number of para-hydroxylation sites is 2. The molecule has 1 amide bonds. The van der Waals surface area contributed by atoms with E-state index in [1.54, 1.807) is 30.3 Å². The number of hydrogen-bond donors (Lipinski definition) is 1. The van der Waals surface area contributed by atoms with E-state index in [4.69, 9.17) is 23.2 Å². The molecule has 4 nitrogen and oxygen atoms in total. The molecule has 0 saturated heterocycles. The van der Waals surface area contributed by atoms with Crippen LogP contribution >= 0.6 is 23.2 Å². The molecule has 4 aromatic rings. The van der Waals surface area contributed by atoms with Gasteiger partial charge in [-0.05, 0) is 42.0 Å². The summed E-state index contributed by atoms with van der Waals surface area (Å²) in [6, 6.07) is 24.4. The smallest absolute Gasteiger partial charge is 0.266 e. The SMILES string of the molecule is N#C/C(=C\c1cn(Cc2cccc(Cl)c2)c2ccccc12)C(=O)Nc1ccccc1Cl. The standard InChI is InChI=1S/C25H17Cl2N3O/c26-20-7-5-6-17(12-20)15-30-16-19(21-8-1-4-11-24(21)30)13-18(14-28)25(31)29-23-10-3-2-9-22(23)27/h1-13,16H,15H2,(H,29,31)/b18-13+. The molecule has 0 aliphatic carbocycles. The predicted octanol–water partition coefficient (Wildman–Crippen LogP) is 6.54. The van der Waals surface area contributed by atoms with Gasteiger partial charge in [0.1, 0.15) is 11.6 Å². The summed E-state index contributed by atoms with van der Waals surface area (Å²) in [5, 5.41) is 14.3. The lowest BCUT2D eigenvalue weighted by Gasteiger charge is -2.06. The number of nitrogens with one attached hydrogen (secondary N) is 1. The van der Waals surface area contributed by atoms with E-state index in [-0.39, 0.29) is 5.57 Å². The number of carbonyl (C=O) groups excluding carboxylic acids is 1. The molecule has 31 heavy (non-hydrogen) atoms. The molecule has 3 aromatic carbocycles. The molecule has 0 unspecified atom stereocenters. The monoisotopic (exact) mass is 445 g/mol. The Balaban J connectivity index is 1.69. The van der Waals surface area contributed by atoms with E-state index < -0.39 is 5.91 Å². The van der Waals surface area contributed by atoms with Crippen molar-refractivity contribution in [3.05, 3.63) is 106 Å². The van der Waals surface area contributed by atoms with Gasteiger partial charge in [-0.25, -0.2) is 0 Å². The van der Waals surface area contributed by atoms with Crippen molar-refractivity contribution in [2.75, 3.05) is 5.32 Å². The number of amides is 1. The van der Waals surface area contributed by atoms with Crippen molar-refractivity contribution in [3.8, 4) is 6.07 Å². The Labute approximate surface area is 189 Å². The van der Waals surface area contributed by atoms with Gasteiger partial charge < -0.3 is 9.88 Å². The van der Waals surface area contributed by atoms with E-state index in [1.807, 2.05) is 60.8 Å². The average Bonchev–Trinajstić information content (AvgIpc) is 3.11. The Morgan fingerprint density at radius 3 is 2.58 bits per heavy atom. The molecule has 0 spiro atoms. The zero-order valence-electron chi connectivity index (χ0n) is 16.3. The van der Waals surface area contributed by atoms with Crippen LogP contribution in [0.4, 0.5) is 5.69 Å². The first-order valence-corrected chi connectivity index (χ1v) is 10.3. The molecule has 4 rings (SSSR count). The number of nitriles is 1. The highest BCUT2D eigenvalue weighted by molar-refractivity contribution is 6.34. The van der Waals surface area contributed by atoms with Crippen molar-refractivity contribution in [1.82, 2.24) is 4.57 Å². The summed E-state index contributed by atoms with van der Waals surface area (Å²) in [6.45, 7) is 0.614. The molecular formula is C25H17Cl2N3O. The quantitative estimate of drug-likeness (QED) is 0.280. The first kappa shape index (κ1) is 20.7. The average molecular weight is 446 g/mol. The summed E-state index contributed by atoms with van der Waals surface area (Å²) >= 11 is 12.2. The molecule has 152 valence electrons. The molecule has 0 bridgehead atoms. The Kier molecular flexibility index (Phi) is 6.08. The highest BCUT2D eigenvalue weighted by atomic mass is 35.5. The van der Waals surface area contributed by atoms with Crippen LogP contribution < -0.4 is 5.32 Å². The van der Waals surface area contributed by atoms with Crippen molar-refractivity contribution in [2.45, 2.75) is 6.54 Å². The summed E-state index contributed by atoms with van der Waals surface area (Å²) in [4.78, 5) is 12.7. The number of aromatic nitrogens is 1. The van der Waals surface area contributed by atoms with Crippen LogP contribution in [-0.4, -0.2) is 10.5 Å². The van der Waals surface area contributed by atoms with Gasteiger partial charge in [0.25, 0.3) is 5.91 Å². The third kappa shape index (κ3) is 4.64. The second-order valence-electron chi connectivity index (χ2n) is 6.96. The minimum absolute atomic E-state index is 0.00872. The van der Waals surface area contributed by atoms with Gasteiger partial charge >= 0.3 is 0 Å². The number of hydrogen-bond acceptors (Lipinski definition) is 2. The number of fused-ring (bicyclic) bond motifs is 1. The molecule has 0 saturated carbocycles. The summed E-state index contributed by atoms with van der Waals surface area (Å²) < 4.78 is 2.08.